The van der Waals surface area contributed by atoms with Gasteiger partial charge in [0.05, 0.1) is 6.54 Å². The van der Waals surface area contributed by atoms with Crippen LogP contribution in [-0.2, 0) is 12.0 Å². The number of amides is 2. The van der Waals surface area contributed by atoms with Gasteiger partial charge in [-0.3, -0.25) is 0 Å². The maximum absolute atomic E-state index is 12.5. The fourth-order valence-corrected chi connectivity index (χ4v) is 4.55. The molecule has 0 saturated carbocycles. The molecule has 1 aliphatic heterocycles. The number of piperidine rings is 1. The highest BCUT2D eigenvalue weighted by Gasteiger charge is 2.26. The van der Waals surface area contributed by atoms with Gasteiger partial charge in [-0.05, 0) is 30.4 Å². The van der Waals surface area contributed by atoms with Crippen LogP contribution in [0.25, 0.3) is 10.9 Å². The first kappa shape index (κ1) is 18.9. The Morgan fingerprint density at radius 1 is 1.25 bits per heavy atom. The summed E-state index contributed by atoms with van der Waals surface area (Å²) in [5.41, 5.74) is 2.55. The predicted octanol–water partition coefficient (Wildman–Crippen LogP) is 4.41. The molecule has 28 heavy (non-hydrogen) atoms. The van der Waals surface area contributed by atoms with Crippen LogP contribution >= 0.6 is 11.3 Å². The summed E-state index contributed by atoms with van der Waals surface area (Å²) in [6.07, 6.45) is 4.11. The van der Waals surface area contributed by atoms with Crippen LogP contribution in [-0.4, -0.2) is 39.2 Å². The molecule has 6 nitrogen and oxygen atoms in total. The Kier molecular flexibility index (Phi) is 5.10. The summed E-state index contributed by atoms with van der Waals surface area (Å²) in [7, 11) is 0. The van der Waals surface area contributed by atoms with Gasteiger partial charge in [0.2, 0.25) is 0 Å². The molecule has 2 N–H and O–H groups in total. The molecule has 0 atom stereocenters. The Hall–Kier alpha value is -2.41. The van der Waals surface area contributed by atoms with E-state index in [2.05, 4.69) is 71.7 Å². The number of nitrogens with one attached hydrogen (secondary N) is 2. The quantitative estimate of drug-likeness (QED) is 0.688. The zero-order valence-corrected chi connectivity index (χ0v) is 17.5. The van der Waals surface area contributed by atoms with Crippen molar-refractivity contribution in [1.82, 2.24) is 25.4 Å². The Balaban J connectivity index is 1.31. The van der Waals surface area contributed by atoms with E-state index in [4.69, 9.17) is 0 Å². The molecule has 0 spiro atoms. The van der Waals surface area contributed by atoms with Crippen molar-refractivity contribution >= 4 is 28.3 Å². The van der Waals surface area contributed by atoms with Gasteiger partial charge in [0, 0.05) is 35.6 Å². The lowest BCUT2D eigenvalue weighted by molar-refractivity contribution is 0.181. The molecule has 1 aromatic carbocycles. The minimum absolute atomic E-state index is 0.00937. The second kappa shape index (κ2) is 7.54. The van der Waals surface area contributed by atoms with E-state index in [1.54, 1.807) is 11.3 Å². The first-order valence-corrected chi connectivity index (χ1v) is 10.6. The van der Waals surface area contributed by atoms with Gasteiger partial charge in [-0.25, -0.2) is 4.79 Å². The van der Waals surface area contributed by atoms with E-state index in [-0.39, 0.29) is 11.4 Å². The van der Waals surface area contributed by atoms with E-state index in [0.717, 1.165) is 35.9 Å². The van der Waals surface area contributed by atoms with Gasteiger partial charge in [-0.2, -0.15) is 0 Å². The van der Waals surface area contributed by atoms with Crippen LogP contribution in [0.15, 0.2) is 30.5 Å². The summed E-state index contributed by atoms with van der Waals surface area (Å²) in [6.45, 7) is 8.35. The SMILES string of the molecule is CC(C)(C)c1nnc(CNC(=O)N2CCC(c3c[nH]c4ccccc34)CC2)s1. The molecule has 2 aromatic heterocycles. The molecule has 0 bridgehead atoms. The van der Waals surface area contributed by atoms with Crippen LogP contribution in [0.4, 0.5) is 4.79 Å². The molecule has 3 heterocycles. The number of H-pyrrole nitrogens is 1. The summed E-state index contributed by atoms with van der Waals surface area (Å²) in [5, 5.41) is 14.6. The summed E-state index contributed by atoms with van der Waals surface area (Å²) < 4.78 is 0. The van der Waals surface area contributed by atoms with Crippen LogP contribution in [0.3, 0.4) is 0 Å². The number of benzene rings is 1. The second-order valence-electron chi connectivity index (χ2n) is 8.46. The third kappa shape index (κ3) is 3.90. The number of nitrogens with zero attached hydrogens (tertiary/aromatic N) is 3. The van der Waals surface area contributed by atoms with Crippen molar-refractivity contribution in [2.24, 2.45) is 0 Å². The van der Waals surface area contributed by atoms with E-state index in [1.807, 2.05) is 4.90 Å². The average Bonchev–Trinajstić information content (AvgIpc) is 3.33. The molecule has 2 amide bonds. The lowest BCUT2D eigenvalue weighted by Crippen LogP contribution is -2.43. The lowest BCUT2D eigenvalue weighted by Gasteiger charge is -2.32. The van der Waals surface area contributed by atoms with Crippen molar-refractivity contribution in [3.8, 4) is 0 Å². The number of aromatic nitrogens is 3. The molecule has 1 aliphatic rings. The Labute approximate surface area is 169 Å². The highest BCUT2D eigenvalue weighted by molar-refractivity contribution is 7.11. The molecule has 3 aromatic rings. The molecular weight excluding hydrogens is 370 g/mol. The number of aromatic amines is 1. The maximum atomic E-state index is 12.5. The van der Waals surface area contributed by atoms with E-state index in [0.29, 0.717) is 12.5 Å². The Morgan fingerprint density at radius 2 is 2.00 bits per heavy atom. The van der Waals surface area contributed by atoms with Crippen molar-refractivity contribution in [2.45, 2.75) is 51.5 Å². The van der Waals surface area contributed by atoms with Gasteiger partial charge in [0.15, 0.2) is 0 Å². The highest BCUT2D eigenvalue weighted by Crippen LogP contribution is 2.33. The first-order valence-electron chi connectivity index (χ1n) is 9.83. The summed E-state index contributed by atoms with van der Waals surface area (Å²) in [4.78, 5) is 17.8. The molecule has 1 fully saturated rings. The van der Waals surface area contributed by atoms with E-state index in [9.17, 15) is 4.79 Å². The van der Waals surface area contributed by atoms with Crippen LogP contribution in [0.2, 0.25) is 0 Å². The number of hydrogen-bond donors (Lipinski definition) is 2. The summed E-state index contributed by atoms with van der Waals surface area (Å²) in [5.74, 6) is 0.498. The number of carbonyl (C=O) groups is 1. The van der Waals surface area contributed by atoms with Crippen molar-refractivity contribution in [1.29, 1.82) is 0 Å². The minimum Gasteiger partial charge on any atom is -0.361 e. The van der Waals surface area contributed by atoms with Gasteiger partial charge >= 0.3 is 6.03 Å². The standard InChI is InChI=1S/C21H27N5OS/c1-21(2,3)19-25-24-18(28-19)13-23-20(27)26-10-8-14(9-11-26)16-12-22-17-7-5-4-6-15(16)17/h4-7,12,14,22H,8-11,13H2,1-3H3,(H,23,27). The first-order chi connectivity index (χ1) is 13.4. The van der Waals surface area contributed by atoms with Gasteiger partial charge in [0.1, 0.15) is 10.0 Å². The Morgan fingerprint density at radius 3 is 2.71 bits per heavy atom. The smallest absolute Gasteiger partial charge is 0.317 e. The minimum atomic E-state index is -0.00972. The average molecular weight is 398 g/mol. The molecule has 148 valence electrons. The monoisotopic (exact) mass is 397 g/mol. The number of fused-ring (bicyclic) bond motifs is 1. The molecule has 0 aliphatic carbocycles. The van der Waals surface area contributed by atoms with Crippen LogP contribution in [0.1, 0.15) is 55.1 Å². The molecule has 0 radical (unpaired) electrons. The van der Waals surface area contributed by atoms with E-state index >= 15 is 0 Å². The van der Waals surface area contributed by atoms with Crippen LogP contribution in [0, 0.1) is 0 Å². The van der Waals surface area contributed by atoms with Gasteiger partial charge in [-0.15, -0.1) is 10.2 Å². The summed E-state index contributed by atoms with van der Waals surface area (Å²) in [6, 6.07) is 8.41. The molecule has 1 saturated heterocycles. The predicted molar refractivity (Wildman–Crippen MR) is 113 cm³/mol. The third-order valence-corrected chi connectivity index (χ3v) is 6.69. The summed E-state index contributed by atoms with van der Waals surface area (Å²) >= 11 is 1.57. The van der Waals surface area contributed by atoms with Gasteiger partial charge in [0.25, 0.3) is 0 Å². The Bertz CT molecular complexity index is 962. The molecule has 0 unspecified atom stereocenters. The fraction of sp³-hybridized carbons (Fsp3) is 0.476. The normalized spacial score (nSPS) is 15.9. The topological polar surface area (TPSA) is 73.9 Å². The van der Waals surface area contributed by atoms with Crippen LogP contribution < -0.4 is 5.32 Å². The van der Waals surface area contributed by atoms with Crippen molar-refractivity contribution < 1.29 is 4.79 Å². The number of urea groups is 1. The number of hydrogen-bond acceptors (Lipinski definition) is 4. The zero-order valence-electron chi connectivity index (χ0n) is 16.7. The maximum Gasteiger partial charge on any atom is 0.317 e. The van der Waals surface area contributed by atoms with Gasteiger partial charge in [-0.1, -0.05) is 50.3 Å². The van der Waals surface area contributed by atoms with Crippen LogP contribution in [0.5, 0.6) is 0 Å². The van der Waals surface area contributed by atoms with Crippen molar-refractivity contribution in [3.63, 3.8) is 0 Å². The lowest BCUT2D eigenvalue weighted by atomic mass is 9.89. The van der Waals surface area contributed by atoms with Gasteiger partial charge < -0.3 is 15.2 Å². The highest BCUT2D eigenvalue weighted by atomic mass is 32.1. The fourth-order valence-electron chi connectivity index (χ4n) is 3.72. The number of likely N-dealkylation sites (tertiary alicyclic amines) is 1. The van der Waals surface area contributed by atoms with Crippen molar-refractivity contribution in [3.05, 3.63) is 46.0 Å². The third-order valence-electron chi connectivity index (χ3n) is 5.34. The van der Waals surface area contributed by atoms with E-state index in [1.165, 1.54) is 16.5 Å². The zero-order chi connectivity index (χ0) is 19.7. The second-order valence-corrected chi connectivity index (χ2v) is 9.52. The number of carbonyl (C=O) groups excluding carboxylic acids is 1. The number of para-hydroxylation sites is 1. The van der Waals surface area contributed by atoms with Crippen molar-refractivity contribution in [2.75, 3.05) is 13.1 Å². The molecule has 7 heteroatoms. The molecular formula is C21H27N5OS. The molecule has 4 rings (SSSR count). The largest absolute Gasteiger partial charge is 0.361 e. The number of rotatable bonds is 3. The van der Waals surface area contributed by atoms with E-state index < -0.39 is 0 Å².